The second-order valence-corrected chi connectivity index (χ2v) is 7.81. The van der Waals surface area contributed by atoms with Crippen LogP contribution in [0.5, 0.6) is 0 Å². The molecule has 1 aromatic heterocycles. The summed E-state index contributed by atoms with van der Waals surface area (Å²) in [6.45, 7) is 5.40. The number of carbonyl (C=O) groups excluding carboxylic acids is 1. The highest BCUT2D eigenvalue weighted by molar-refractivity contribution is 6.31. The number of esters is 1. The molecule has 0 aliphatic carbocycles. The normalized spacial score (nSPS) is 11.7. The number of alkyl halides is 3. The average Bonchev–Trinajstić information content (AvgIpc) is 3.19. The van der Waals surface area contributed by atoms with Gasteiger partial charge in [-0.25, -0.2) is 0 Å². The number of hydrogen-bond donors (Lipinski definition) is 0. The fourth-order valence-electron chi connectivity index (χ4n) is 3.14. The molecule has 0 saturated heterocycles. The minimum Gasteiger partial charge on any atom is -0.441 e. The van der Waals surface area contributed by atoms with E-state index in [2.05, 4.69) is 21.9 Å². The zero-order valence-electron chi connectivity index (χ0n) is 18.3. The zero-order chi connectivity index (χ0) is 24.7. The van der Waals surface area contributed by atoms with Crippen molar-refractivity contribution in [3.8, 4) is 11.3 Å². The Labute approximate surface area is 199 Å². The number of hydrogen-bond acceptors (Lipinski definition) is 5. The summed E-state index contributed by atoms with van der Waals surface area (Å²) in [5, 5.41) is 9.13. The smallest absolute Gasteiger partial charge is 0.416 e. The number of rotatable bonds is 9. The first kappa shape index (κ1) is 25.2. The van der Waals surface area contributed by atoms with E-state index < -0.39 is 11.7 Å². The lowest BCUT2D eigenvalue weighted by Gasteiger charge is -2.07. The van der Waals surface area contributed by atoms with Crippen LogP contribution in [0.3, 0.4) is 0 Å². The third-order valence-electron chi connectivity index (χ3n) is 4.66. The van der Waals surface area contributed by atoms with Gasteiger partial charge in [-0.3, -0.25) is 9.79 Å². The van der Waals surface area contributed by atoms with Crippen LogP contribution in [0.1, 0.15) is 42.1 Å². The van der Waals surface area contributed by atoms with E-state index in [1.807, 2.05) is 6.92 Å². The Morgan fingerprint density at radius 1 is 1.18 bits per heavy atom. The summed E-state index contributed by atoms with van der Waals surface area (Å²) >= 11 is 6.30. The summed E-state index contributed by atoms with van der Waals surface area (Å²) in [4.78, 5) is 16.8. The zero-order valence-corrected chi connectivity index (χ0v) is 19.1. The third kappa shape index (κ3) is 6.77. The maximum Gasteiger partial charge on any atom is 0.416 e. The molecule has 2 aromatic carbocycles. The Kier molecular flexibility index (Phi) is 8.22. The van der Waals surface area contributed by atoms with E-state index >= 15 is 0 Å². The highest BCUT2D eigenvalue weighted by Crippen LogP contribution is 2.30. The molecule has 178 valence electrons. The van der Waals surface area contributed by atoms with Gasteiger partial charge in [0, 0.05) is 17.0 Å². The topological polar surface area (TPSA) is 69.4 Å². The Balaban J connectivity index is 1.89. The summed E-state index contributed by atoms with van der Waals surface area (Å²) in [6.07, 6.45) is -0.222. The number of aromatic nitrogens is 3. The van der Waals surface area contributed by atoms with Crippen molar-refractivity contribution in [3.05, 3.63) is 69.9 Å². The van der Waals surface area contributed by atoms with Gasteiger partial charge in [0.05, 0.1) is 12.1 Å². The van der Waals surface area contributed by atoms with Crippen LogP contribution in [-0.2, 0) is 29.0 Å². The Morgan fingerprint density at radius 3 is 2.65 bits per heavy atom. The number of nitrogens with zero attached hydrogens (tertiary/aromatic N) is 4. The van der Waals surface area contributed by atoms with Crippen LogP contribution in [0, 0.1) is 0 Å². The summed E-state index contributed by atoms with van der Waals surface area (Å²) in [7, 11) is 0. The van der Waals surface area contributed by atoms with Crippen molar-refractivity contribution in [1.82, 2.24) is 15.0 Å². The van der Waals surface area contributed by atoms with E-state index in [9.17, 15) is 18.0 Å². The van der Waals surface area contributed by atoms with Gasteiger partial charge in [0.2, 0.25) is 6.73 Å². The van der Waals surface area contributed by atoms with Gasteiger partial charge in [0.25, 0.3) is 0 Å². The molecule has 0 amide bonds. The maximum atomic E-state index is 13.0. The van der Waals surface area contributed by atoms with Crippen LogP contribution in [0.25, 0.3) is 23.4 Å². The maximum absolute atomic E-state index is 13.0. The molecule has 34 heavy (non-hydrogen) atoms. The lowest BCUT2D eigenvalue weighted by molar-refractivity contribution is -0.148. The second-order valence-electron chi connectivity index (χ2n) is 7.37. The van der Waals surface area contributed by atoms with Crippen LogP contribution >= 0.6 is 11.6 Å². The SMILES string of the molecule is C=NCc1nn(COC(=O)CCC)nc1-c1cc(Cl)cc(C=Cc2cccc(C(F)(F)F)c2)c1. The number of ether oxygens (including phenoxy) is 1. The predicted octanol–water partition coefficient (Wildman–Crippen LogP) is 6.29. The lowest BCUT2D eigenvalue weighted by atomic mass is 10.0. The van der Waals surface area contributed by atoms with Crippen molar-refractivity contribution in [2.45, 2.75) is 39.2 Å². The largest absolute Gasteiger partial charge is 0.441 e. The molecule has 0 fully saturated rings. The van der Waals surface area contributed by atoms with E-state index in [1.165, 1.54) is 10.9 Å². The monoisotopic (exact) mass is 490 g/mol. The minimum atomic E-state index is -4.42. The summed E-state index contributed by atoms with van der Waals surface area (Å²) < 4.78 is 44.1. The van der Waals surface area contributed by atoms with Crippen LogP contribution in [-0.4, -0.2) is 27.7 Å². The van der Waals surface area contributed by atoms with Crippen molar-refractivity contribution in [3.63, 3.8) is 0 Å². The van der Waals surface area contributed by atoms with Gasteiger partial charge >= 0.3 is 12.1 Å². The Morgan fingerprint density at radius 2 is 1.94 bits per heavy atom. The van der Waals surface area contributed by atoms with Crippen molar-refractivity contribution < 1.29 is 22.7 Å². The fraction of sp³-hybridized carbons (Fsp3) is 0.250. The molecule has 0 aliphatic heterocycles. The van der Waals surface area contributed by atoms with Gasteiger partial charge in [-0.15, -0.1) is 9.90 Å². The minimum absolute atomic E-state index is 0.147. The highest BCUT2D eigenvalue weighted by atomic mass is 35.5. The first-order valence-corrected chi connectivity index (χ1v) is 10.8. The Hall–Kier alpha value is -3.46. The van der Waals surface area contributed by atoms with Crippen molar-refractivity contribution >= 4 is 36.4 Å². The molecule has 10 heteroatoms. The molecule has 3 rings (SSSR count). The number of carbonyl (C=O) groups is 1. The first-order chi connectivity index (χ1) is 16.2. The van der Waals surface area contributed by atoms with E-state index in [1.54, 1.807) is 36.4 Å². The van der Waals surface area contributed by atoms with Gasteiger partial charge in [0.1, 0.15) is 11.4 Å². The number of aliphatic imine (C=N–C) groups is 1. The molecule has 0 saturated carbocycles. The van der Waals surface area contributed by atoms with Gasteiger partial charge in [-0.1, -0.05) is 42.8 Å². The molecule has 0 spiro atoms. The standard InChI is InChI=1S/C24H22ClF3N4O2/c1-3-5-22(33)34-15-32-30-21(14-29-2)23(31-32)18-10-17(12-20(25)13-18)9-8-16-6-4-7-19(11-16)24(26,27)28/h4,6-13H,2-3,5,14-15H2,1H3. The van der Waals surface area contributed by atoms with E-state index in [4.69, 9.17) is 16.3 Å². The summed E-state index contributed by atoms with van der Waals surface area (Å²) in [5.74, 6) is -0.352. The van der Waals surface area contributed by atoms with Gasteiger partial charge in [0.15, 0.2) is 0 Å². The molecule has 3 aromatic rings. The molecular weight excluding hydrogens is 469 g/mol. The van der Waals surface area contributed by atoms with Gasteiger partial charge in [-0.05, 0) is 54.6 Å². The molecule has 0 unspecified atom stereocenters. The third-order valence-corrected chi connectivity index (χ3v) is 4.88. The van der Waals surface area contributed by atoms with Crippen molar-refractivity contribution in [2.75, 3.05) is 0 Å². The van der Waals surface area contributed by atoms with Crippen LogP contribution in [0.4, 0.5) is 13.2 Å². The molecule has 0 N–H and O–H groups in total. The molecule has 6 nitrogen and oxygen atoms in total. The Bertz CT molecular complexity index is 1210. The van der Waals surface area contributed by atoms with E-state index in [0.29, 0.717) is 45.9 Å². The average molecular weight is 491 g/mol. The first-order valence-electron chi connectivity index (χ1n) is 10.4. The molecular formula is C24H22ClF3N4O2. The van der Waals surface area contributed by atoms with Crippen molar-refractivity contribution in [1.29, 1.82) is 0 Å². The van der Waals surface area contributed by atoms with Crippen LogP contribution in [0.15, 0.2) is 47.5 Å². The number of benzene rings is 2. The van der Waals surface area contributed by atoms with E-state index in [-0.39, 0.29) is 19.2 Å². The predicted molar refractivity (Wildman–Crippen MR) is 125 cm³/mol. The fourth-order valence-corrected chi connectivity index (χ4v) is 3.38. The van der Waals surface area contributed by atoms with Crippen LogP contribution < -0.4 is 0 Å². The van der Waals surface area contributed by atoms with E-state index in [0.717, 1.165) is 12.1 Å². The highest BCUT2D eigenvalue weighted by Gasteiger charge is 2.30. The van der Waals surface area contributed by atoms with Gasteiger partial charge < -0.3 is 4.74 Å². The lowest BCUT2D eigenvalue weighted by Crippen LogP contribution is -2.11. The molecule has 0 aliphatic rings. The van der Waals surface area contributed by atoms with Crippen molar-refractivity contribution in [2.24, 2.45) is 4.99 Å². The summed E-state index contributed by atoms with van der Waals surface area (Å²) in [6, 6.07) is 10.2. The molecule has 1 heterocycles. The molecule has 0 bridgehead atoms. The van der Waals surface area contributed by atoms with Gasteiger partial charge in [-0.2, -0.15) is 18.3 Å². The quantitative estimate of drug-likeness (QED) is 0.201. The summed E-state index contributed by atoms with van der Waals surface area (Å²) in [5.41, 5.74) is 1.95. The molecule has 0 radical (unpaired) electrons. The number of halogens is 4. The second kappa shape index (κ2) is 11.1. The molecule has 0 atom stereocenters. The van der Waals surface area contributed by atoms with Crippen LogP contribution in [0.2, 0.25) is 5.02 Å².